The molecule has 2 amide bonds. The topological polar surface area (TPSA) is 80.3 Å². The second-order valence-electron chi connectivity index (χ2n) is 8.51. The Morgan fingerprint density at radius 3 is 2.83 bits per heavy atom. The van der Waals surface area contributed by atoms with Crippen molar-refractivity contribution in [2.24, 2.45) is 17.8 Å². The van der Waals surface area contributed by atoms with Crippen molar-refractivity contribution in [3.8, 4) is 5.75 Å². The number of hydrogen-bond donors (Lipinski definition) is 2. The molecule has 4 aliphatic rings. The monoisotopic (exact) mass is 391 g/mol. The van der Waals surface area contributed by atoms with Crippen molar-refractivity contribution in [3.63, 3.8) is 0 Å². The lowest BCUT2D eigenvalue weighted by molar-refractivity contribution is -0.147. The van der Waals surface area contributed by atoms with Gasteiger partial charge >= 0.3 is 0 Å². The molecular formula is C23H25N3O3. The van der Waals surface area contributed by atoms with Gasteiger partial charge in [0, 0.05) is 24.5 Å². The van der Waals surface area contributed by atoms with E-state index in [4.69, 9.17) is 4.74 Å². The summed E-state index contributed by atoms with van der Waals surface area (Å²) >= 11 is 0. The van der Waals surface area contributed by atoms with E-state index in [1.807, 2.05) is 43.3 Å². The number of hydrogen-bond acceptors (Lipinski definition) is 4. The van der Waals surface area contributed by atoms with Gasteiger partial charge in [0.1, 0.15) is 5.75 Å². The van der Waals surface area contributed by atoms with Crippen molar-refractivity contribution in [1.29, 1.82) is 0 Å². The number of rotatable bonds is 3. The normalized spacial score (nSPS) is 30.8. The summed E-state index contributed by atoms with van der Waals surface area (Å²) in [5.41, 5.74) is 0.758. The molecule has 1 aromatic heterocycles. The quantitative estimate of drug-likeness (QED) is 0.842. The maximum absolute atomic E-state index is 13.0. The number of para-hydroxylation sites is 1. The fraction of sp³-hybridized carbons (Fsp3) is 0.435. The molecule has 2 aromatic rings. The maximum atomic E-state index is 13.0. The first-order chi connectivity index (χ1) is 14.1. The molecule has 0 saturated heterocycles. The van der Waals surface area contributed by atoms with Crippen LogP contribution in [0.5, 0.6) is 5.75 Å². The van der Waals surface area contributed by atoms with E-state index in [0.717, 1.165) is 25.0 Å². The van der Waals surface area contributed by atoms with Gasteiger partial charge in [0.05, 0.1) is 17.3 Å². The number of amides is 2. The Balaban J connectivity index is 1.32. The number of carbonyl (C=O) groups excluding carboxylic acids is 2. The number of benzene rings is 1. The van der Waals surface area contributed by atoms with E-state index in [9.17, 15) is 9.59 Å². The van der Waals surface area contributed by atoms with Gasteiger partial charge in [-0.3, -0.25) is 14.6 Å². The summed E-state index contributed by atoms with van der Waals surface area (Å²) in [6.45, 7) is 1.96. The number of aromatic nitrogens is 1. The second kappa shape index (κ2) is 6.87. The van der Waals surface area contributed by atoms with Crippen LogP contribution in [0.4, 0.5) is 0 Å². The highest BCUT2D eigenvalue weighted by Crippen LogP contribution is 2.52. The average Bonchev–Trinajstić information content (AvgIpc) is 2.74. The van der Waals surface area contributed by atoms with Gasteiger partial charge in [-0.25, -0.2) is 0 Å². The van der Waals surface area contributed by atoms with E-state index in [1.54, 1.807) is 12.3 Å². The number of carbonyl (C=O) groups is 2. The number of nitrogens with zero attached hydrogens (tertiary/aromatic N) is 1. The Kier molecular flexibility index (Phi) is 4.30. The Hall–Kier alpha value is -2.89. The number of ether oxygens (including phenoxy) is 1. The minimum Gasteiger partial charge on any atom is -0.467 e. The van der Waals surface area contributed by atoms with Gasteiger partial charge in [-0.2, -0.15) is 0 Å². The van der Waals surface area contributed by atoms with Crippen LogP contribution in [-0.2, 0) is 4.79 Å². The lowest BCUT2D eigenvalue weighted by Gasteiger charge is -2.55. The number of fused-ring (bicyclic) bond motifs is 3. The van der Waals surface area contributed by atoms with Crippen LogP contribution in [0.2, 0.25) is 0 Å². The highest BCUT2D eigenvalue weighted by Gasteiger charge is 2.57. The van der Waals surface area contributed by atoms with Crippen molar-refractivity contribution < 1.29 is 14.3 Å². The van der Waals surface area contributed by atoms with Gasteiger partial charge < -0.3 is 15.4 Å². The van der Waals surface area contributed by atoms with Gasteiger partial charge in [-0.15, -0.1) is 0 Å². The molecule has 6 heteroatoms. The molecule has 0 unspecified atom stereocenters. The van der Waals surface area contributed by atoms with E-state index in [2.05, 4.69) is 15.6 Å². The molecule has 2 N–H and O–H groups in total. The highest BCUT2D eigenvalue weighted by molar-refractivity contribution is 5.98. The van der Waals surface area contributed by atoms with Crippen LogP contribution < -0.4 is 15.4 Å². The molecule has 150 valence electrons. The maximum Gasteiger partial charge on any atom is 0.258 e. The highest BCUT2D eigenvalue weighted by atomic mass is 16.5. The van der Waals surface area contributed by atoms with Crippen LogP contribution >= 0.6 is 0 Å². The summed E-state index contributed by atoms with van der Waals surface area (Å²) in [5, 5.41) is 6.28. The van der Waals surface area contributed by atoms with E-state index in [-0.39, 0.29) is 35.6 Å². The van der Waals surface area contributed by atoms with Crippen LogP contribution in [0.15, 0.2) is 48.7 Å². The number of pyridine rings is 1. The Morgan fingerprint density at radius 2 is 2.07 bits per heavy atom. The van der Waals surface area contributed by atoms with E-state index in [1.165, 1.54) is 0 Å². The summed E-state index contributed by atoms with van der Waals surface area (Å²) in [5.74, 6) is 0.920. The van der Waals surface area contributed by atoms with Crippen molar-refractivity contribution >= 4 is 11.8 Å². The van der Waals surface area contributed by atoms with Crippen LogP contribution in [0.3, 0.4) is 0 Å². The molecule has 2 heterocycles. The molecule has 5 atom stereocenters. The zero-order valence-electron chi connectivity index (χ0n) is 16.4. The van der Waals surface area contributed by atoms with Gasteiger partial charge in [0.25, 0.3) is 5.91 Å². The lowest BCUT2D eigenvalue weighted by atomic mass is 9.60. The second-order valence-corrected chi connectivity index (χ2v) is 8.51. The molecule has 2 bridgehead atoms. The van der Waals surface area contributed by atoms with Crippen LogP contribution in [0.25, 0.3) is 0 Å². The standard InChI is InChI=1S/C23H25N3O3/c1-14(19-7-4-5-11-24-19)25-21(27)18-12-16-10-9-15(18)13-23(16)26-22(28)17-6-2-3-8-20(17)29-23/h2-8,11,14-16,18H,9-10,12-13H2,1H3,(H,25,27)(H,26,28)/t14-,15-,16+,18+,23-/m0/s1. The molecule has 29 heavy (non-hydrogen) atoms. The van der Waals surface area contributed by atoms with Gasteiger partial charge in [0.15, 0.2) is 5.72 Å². The Morgan fingerprint density at radius 1 is 1.24 bits per heavy atom. The first kappa shape index (κ1) is 18.2. The van der Waals surface area contributed by atoms with Crippen molar-refractivity contribution in [1.82, 2.24) is 15.6 Å². The summed E-state index contributed by atoms with van der Waals surface area (Å²) in [4.78, 5) is 30.1. The van der Waals surface area contributed by atoms with Crippen molar-refractivity contribution in [3.05, 3.63) is 59.9 Å². The Labute approximate surface area is 170 Å². The van der Waals surface area contributed by atoms with Crippen LogP contribution in [0, 0.1) is 17.8 Å². The third-order valence-corrected chi connectivity index (χ3v) is 6.79. The molecule has 3 fully saturated rings. The first-order valence-electron chi connectivity index (χ1n) is 10.4. The minimum atomic E-state index is -0.683. The molecule has 3 saturated carbocycles. The van der Waals surface area contributed by atoms with Crippen LogP contribution in [-0.4, -0.2) is 22.5 Å². The van der Waals surface area contributed by atoms with Crippen LogP contribution in [0.1, 0.15) is 54.7 Å². The fourth-order valence-corrected chi connectivity index (χ4v) is 5.31. The smallest absolute Gasteiger partial charge is 0.258 e. The zero-order valence-corrected chi connectivity index (χ0v) is 16.4. The molecule has 0 radical (unpaired) electrons. The SMILES string of the molecule is C[C@H](NC(=O)[C@@H]1C[C@H]2CC[C@H]1C[C@@]21NC(=O)c2ccccc2O1)c1ccccn1. The van der Waals surface area contributed by atoms with Crippen molar-refractivity contribution in [2.45, 2.75) is 44.4 Å². The third-order valence-electron chi connectivity index (χ3n) is 6.79. The van der Waals surface area contributed by atoms with Crippen molar-refractivity contribution in [2.75, 3.05) is 0 Å². The Bertz CT molecular complexity index is 947. The molecule has 1 aliphatic heterocycles. The molecule has 3 aliphatic carbocycles. The number of nitrogens with one attached hydrogen (secondary N) is 2. The summed E-state index contributed by atoms with van der Waals surface area (Å²) in [7, 11) is 0. The summed E-state index contributed by atoms with van der Waals surface area (Å²) < 4.78 is 6.37. The lowest BCUT2D eigenvalue weighted by Crippen LogP contribution is -2.67. The molecule has 6 nitrogen and oxygen atoms in total. The summed E-state index contributed by atoms with van der Waals surface area (Å²) in [6.07, 6.45) is 5.10. The van der Waals surface area contributed by atoms with Gasteiger partial charge in [0.2, 0.25) is 5.91 Å². The fourth-order valence-electron chi connectivity index (χ4n) is 5.31. The van der Waals surface area contributed by atoms with E-state index >= 15 is 0 Å². The molecule has 1 spiro atoms. The van der Waals surface area contributed by atoms with Gasteiger partial charge in [-0.1, -0.05) is 18.2 Å². The predicted molar refractivity (Wildman–Crippen MR) is 107 cm³/mol. The first-order valence-corrected chi connectivity index (χ1v) is 10.4. The molecule has 1 aromatic carbocycles. The minimum absolute atomic E-state index is 0.0526. The summed E-state index contributed by atoms with van der Waals surface area (Å²) in [6, 6.07) is 13.0. The van der Waals surface area contributed by atoms with Gasteiger partial charge in [-0.05, 0) is 56.4 Å². The average molecular weight is 391 g/mol. The largest absolute Gasteiger partial charge is 0.467 e. The molecule has 6 rings (SSSR count). The molecular weight excluding hydrogens is 366 g/mol. The van der Waals surface area contributed by atoms with E-state index in [0.29, 0.717) is 17.7 Å². The van der Waals surface area contributed by atoms with E-state index < -0.39 is 5.72 Å². The predicted octanol–water partition coefficient (Wildman–Crippen LogP) is 3.21. The zero-order chi connectivity index (χ0) is 20.0. The third kappa shape index (κ3) is 3.07.